The third-order valence-corrected chi connectivity index (χ3v) is 4.23. The zero-order valence-corrected chi connectivity index (χ0v) is 14.4. The van der Waals surface area contributed by atoms with Crippen LogP contribution in [0.4, 0.5) is 0 Å². The number of hydrogen-bond donors (Lipinski definition) is 0. The number of benzene rings is 2. The topological polar surface area (TPSA) is 44.8 Å². The fraction of sp³-hybridized carbons (Fsp3) is 0.286. The molecule has 0 N–H and O–H groups in total. The highest BCUT2D eigenvalue weighted by Crippen LogP contribution is 2.28. The summed E-state index contributed by atoms with van der Waals surface area (Å²) in [6.07, 6.45) is 2.27. The Morgan fingerprint density at radius 3 is 2.24 bits per heavy atom. The van der Waals surface area contributed by atoms with Crippen molar-refractivity contribution in [3.05, 3.63) is 83.9 Å². The van der Waals surface area contributed by atoms with Gasteiger partial charge in [-0.05, 0) is 24.1 Å². The standard InChI is InChI=1S/C21H22O4/c1-15-18(13-14-19(24-15)16-9-5-3-6-10-16)25-21(22)20(23-2)17-11-7-4-8-12-17/h3-15,18-20H,1-2H3/t15-,18+,19-,20+/m1/s1. The Morgan fingerprint density at radius 1 is 1.00 bits per heavy atom. The SMILES string of the molecule is CO[C@H](C(=O)O[C@H]1C=C[C@H](c2ccccc2)O[C@@H]1C)c1ccccc1. The van der Waals surface area contributed by atoms with Gasteiger partial charge in [-0.25, -0.2) is 4.79 Å². The van der Waals surface area contributed by atoms with E-state index in [1.54, 1.807) is 0 Å². The van der Waals surface area contributed by atoms with Crippen LogP contribution in [0.2, 0.25) is 0 Å². The van der Waals surface area contributed by atoms with Crippen molar-refractivity contribution in [3.63, 3.8) is 0 Å². The van der Waals surface area contributed by atoms with Crippen LogP contribution in [-0.2, 0) is 19.0 Å². The molecular formula is C21H22O4. The molecule has 4 atom stereocenters. The summed E-state index contributed by atoms with van der Waals surface area (Å²) in [6, 6.07) is 19.3. The van der Waals surface area contributed by atoms with E-state index in [2.05, 4.69) is 0 Å². The average Bonchev–Trinajstić information content (AvgIpc) is 2.65. The van der Waals surface area contributed by atoms with E-state index >= 15 is 0 Å². The number of rotatable bonds is 5. The smallest absolute Gasteiger partial charge is 0.340 e. The quantitative estimate of drug-likeness (QED) is 0.610. The fourth-order valence-electron chi connectivity index (χ4n) is 2.88. The molecular weight excluding hydrogens is 316 g/mol. The van der Waals surface area contributed by atoms with Gasteiger partial charge in [0.05, 0.1) is 6.10 Å². The van der Waals surface area contributed by atoms with E-state index in [1.807, 2.05) is 79.7 Å². The van der Waals surface area contributed by atoms with Crippen LogP contribution in [0.25, 0.3) is 0 Å². The summed E-state index contributed by atoms with van der Waals surface area (Å²) in [7, 11) is 1.50. The molecule has 1 aliphatic heterocycles. The van der Waals surface area contributed by atoms with Gasteiger partial charge in [0, 0.05) is 7.11 Å². The first kappa shape index (κ1) is 17.4. The van der Waals surface area contributed by atoms with Crippen molar-refractivity contribution in [2.75, 3.05) is 7.11 Å². The zero-order chi connectivity index (χ0) is 17.6. The molecule has 0 fully saturated rings. The largest absolute Gasteiger partial charge is 0.453 e. The second kappa shape index (κ2) is 8.10. The van der Waals surface area contributed by atoms with E-state index in [0.717, 1.165) is 11.1 Å². The van der Waals surface area contributed by atoms with Gasteiger partial charge in [0.1, 0.15) is 12.2 Å². The van der Waals surface area contributed by atoms with Crippen LogP contribution in [0, 0.1) is 0 Å². The van der Waals surface area contributed by atoms with E-state index in [9.17, 15) is 4.79 Å². The van der Waals surface area contributed by atoms with Crippen LogP contribution in [0.5, 0.6) is 0 Å². The lowest BCUT2D eigenvalue weighted by Gasteiger charge is -2.30. The van der Waals surface area contributed by atoms with Crippen molar-refractivity contribution < 1.29 is 19.0 Å². The van der Waals surface area contributed by atoms with Crippen LogP contribution < -0.4 is 0 Å². The van der Waals surface area contributed by atoms with E-state index in [1.165, 1.54) is 7.11 Å². The highest BCUT2D eigenvalue weighted by atomic mass is 16.6. The normalized spacial score (nSPS) is 23.8. The van der Waals surface area contributed by atoms with Crippen molar-refractivity contribution in [1.29, 1.82) is 0 Å². The minimum absolute atomic E-state index is 0.126. The first-order chi connectivity index (χ1) is 12.2. The van der Waals surface area contributed by atoms with Crippen LogP contribution in [0.3, 0.4) is 0 Å². The summed E-state index contributed by atoms with van der Waals surface area (Å²) in [4.78, 5) is 12.5. The number of methoxy groups -OCH3 is 1. The van der Waals surface area contributed by atoms with E-state index < -0.39 is 18.2 Å². The molecule has 1 heterocycles. The summed E-state index contributed by atoms with van der Waals surface area (Å²) < 4.78 is 16.9. The van der Waals surface area contributed by atoms with Gasteiger partial charge in [-0.15, -0.1) is 0 Å². The molecule has 0 spiro atoms. The molecule has 4 heteroatoms. The molecule has 1 aliphatic rings. The average molecular weight is 338 g/mol. The van der Waals surface area contributed by atoms with E-state index in [-0.39, 0.29) is 12.2 Å². The third-order valence-electron chi connectivity index (χ3n) is 4.23. The van der Waals surface area contributed by atoms with Gasteiger partial charge in [-0.1, -0.05) is 66.7 Å². The van der Waals surface area contributed by atoms with Gasteiger partial charge in [0.25, 0.3) is 0 Å². The highest BCUT2D eigenvalue weighted by molar-refractivity contribution is 5.77. The van der Waals surface area contributed by atoms with Gasteiger partial charge in [-0.3, -0.25) is 0 Å². The molecule has 0 unspecified atom stereocenters. The molecule has 0 aromatic heterocycles. The van der Waals surface area contributed by atoms with Crippen molar-refractivity contribution in [2.45, 2.75) is 31.3 Å². The number of carbonyl (C=O) groups is 1. The molecule has 0 saturated carbocycles. The molecule has 0 saturated heterocycles. The van der Waals surface area contributed by atoms with E-state index in [0.29, 0.717) is 0 Å². The summed E-state index contributed by atoms with van der Waals surface area (Å²) in [5, 5.41) is 0. The van der Waals surface area contributed by atoms with Crippen LogP contribution in [-0.4, -0.2) is 25.3 Å². The van der Waals surface area contributed by atoms with Crippen molar-refractivity contribution in [2.24, 2.45) is 0 Å². The van der Waals surface area contributed by atoms with E-state index in [4.69, 9.17) is 14.2 Å². The van der Waals surface area contributed by atoms with Crippen molar-refractivity contribution in [1.82, 2.24) is 0 Å². The Labute approximate surface area is 148 Å². The molecule has 0 bridgehead atoms. The van der Waals surface area contributed by atoms with Gasteiger partial charge in [0.15, 0.2) is 6.10 Å². The predicted octanol–water partition coefficient (Wildman–Crippen LogP) is 4.00. The Hall–Kier alpha value is -2.43. The summed E-state index contributed by atoms with van der Waals surface area (Å²) in [6.45, 7) is 1.90. The second-order valence-corrected chi connectivity index (χ2v) is 5.99. The predicted molar refractivity (Wildman–Crippen MR) is 94.9 cm³/mol. The summed E-state index contributed by atoms with van der Waals surface area (Å²) in [5.74, 6) is -0.419. The number of hydrogen-bond acceptors (Lipinski definition) is 4. The lowest BCUT2D eigenvalue weighted by Crippen LogP contribution is -2.35. The van der Waals surface area contributed by atoms with Crippen LogP contribution in [0.1, 0.15) is 30.3 Å². The van der Waals surface area contributed by atoms with Gasteiger partial charge in [0.2, 0.25) is 0 Å². The minimum atomic E-state index is -0.742. The molecule has 130 valence electrons. The molecule has 2 aromatic carbocycles. The third kappa shape index (κ3) is 4.16. The summed E-state index contributed by atoms with van der Waals surface area (Å²) in [5.41, 5.74) is 1.85. The zero-order valence-electron chi connectivity index (χ0n) is 14.4. The molecule has 4 nitrogen and oxygen atoms in total. The van der Waals surface area contributed by atoms with Crippen molar-refractivity contribution in [3.8, 4) is 0 Å². The Balaban J connectivity index is 1.67. The molecule has 2 aromatic rings. The maximum Gasteiger partial charge on any atom is 0.340 e. The monoisotopic (exact) mass is 338 g/mol. The lowest BCUT2D eigenvalue weighted by molar-refractivity contribution is -0.167. The minimum Gasteiger partial charge on any atom is -0.453 e. The van der Waals surface area contributed by atoms with Gasteiger partial charge in [-0.2, -0.15) is 0 Å². The fourth-order valence-corrected chi connectivity index (χ4v) is 2.88. The van der Waals surface area contributed by atoms with Gasteiger partial charge >= 0.3 is 5.97 Å². The molecule has 0 aliphatic carbocycles. The Kier molecular flexibility index (Phi) is 5.64. The lowest BCUT2D eigenvalue weighted by atomic mass is 10.0. The number of ether oxygens (including phenoxy) is 3. The highest BCUT2D eigenvalue weighted by Gasteiger charge is 2.30. The molecule has 0 amide bonds. The maximum absolute atomic E-state index is 12.5. The molecule has 0 radical (unpaired) electrons. The molecule has 3 rings (SSSR count). The van der Waals surface area contributed by atoms with Gasteiger partial charge < -0.3 is 14.2 Å². The Morgan fingerprint density at radius 2 is 1.64 bits per heavy atom. The number of esters is 1. The second-order valence-electron chi connectivity index (χ2n) is 5.99. The summed E-state index contributed by atoms with van der Waals surface area (Å²) >= 11 is 0. The first-order valence-electron chi connectivity index (χ1n) is 8.36. The Bertz CT molecular complexity index is 711. The first-order valence-corrected chi connectivity index (χ1v) is 8.36. The maximum atomic E-state index is 12.5. The molecule has 25 heavy (non-hydrogen) atoms. The van der Waals surface area contributed by atoms with Crippen molar-refractivity contribution >= 4 is 5.97 Å². The number of carbonyl (C=O) groups excluding carboxylic acids is 1. The van der Waals surface area contributed by atoms with Crippen LogP contribution in [0.15, 0.2) is 72.8 Å². The van der Waals surface area contributed by atoms with Crippen LogP contribution >= 0.6 is 0 Å².